The Kier molecular flexibility index (Phi) is 5.28. The predicted molar refractivity (Wildman–Crippen MR) is 92.9 cm³/mol. The van der Waals surface area contributed by atoms with Gasteiger partial charge in [-0.15, -0.1) is 0 Å². The Morgan fingerprint density at radius 1 is 1.00 bits per heavy atom. The van der Waals surface area contributed by atoms with Crippen LogP contribution in [0, 0.1) is 0 Å². The lowest BCUT2D eigenvalue weighted by molar-refractivity contribution is -0.122. The molecular weight excluding hydrogens is 349 g/mol. The average Bonchev–Trinajstić information content (AvgIpc) is 2.63. The average molecular weight is 364 g/mol. The van der Waals surface area contributed by atoms with E-state index in [-0.39, 0.29) is 17.7 Å². The summed E-state index contributed by atoms with van der Waals surface area (Å²) in [5.74, 6) is -0.197. The van der Waals surface area contributed by atoms with E-state index in [1.165, 1.54) is 6.26 Å². The van der Waals surface area contributed by atoms with E-state index in [0.717, 1.165) is 11.1 Å². The van der Waals surface area contributed by atoms with E-state index in [9.17, 15) is 4.79 Å². The van der Waals surface area contributed by atoms with Gasteiger partial charge in [-0.25, -0.2) is 0 Å². The lowest BCUT2D eigenvalue weighted by Gasteiger charge is -2.22. The molecule has 1 unspecified atom stereocenters. The van der Waals surface area contributed by atoms with Crippen LogP contribution in [-0.2, 0) is 14.3 Å². The van der Waals surface area contributed by atoms with Crippen LogP contribution in [0.3, 0.4) is 0 Å². The molecule has 1 atom stereocenters. The van der Waals surface area contributed by atoms with Crippen molar-refractivity contribution in [2.45, 2.75) is 6.04 Å². The molecule has 0 saturated carbocycles. The number of amides is 1. The van der Waals surface area contributed by atoms with Gasteiger partial charge in [-0.3, -0.25) is 4.79 Å². The zero-order valence-corrected chi connectivity index (χ0v) is 14.2. The second-order valence-corrected chi connectivity index (χ2v) is 6.01. The second kappa shape index (κ2) is 7.60. The molecule has 0 aliphatic carbocycles. The minimum absolute atomic E-state index is 0.155. The van der Waals surface area contributed by atoms with Gasteiger partial charge in [0.2, 0.25) is 5.76 Å². The summed E-state index contributed by atoms with van der Waals surface area (Å²) in [5, 5.41) is 3.85. The summed E-state index contributed by atoms with van der Waals surface area (Å²) in [4.78, 5) is 12.5. The Morgan fingerprint density at radius 3 is 2.46 bits per heavy atom. The Balaban J connectivity index is 1.91. The highest BCUT2D eigenvalue weighted by atomic mass is 35.5. The van der Waals surface area contributed by atoms with Crippen LogP contribution in [-0.4, -0.2) is 19.1 Å². The first-order valence-electron chi connectivity index (χ1n) is 7.40. The van der Waals surface area contributed by atoms with Crippen molar-refractivity contribution in [1.82, 2.24) is 5.32 Å². The third kappa shape index (κ3) is 3.83. The lowest BCUT2D eigenvalue weighted by atomic mass is 9.98. The molecule has 0 bridgehead atoms. The molecular formula is C18H15Cl2NO3. The molecule has 0 fully saturated rings. The van der Waals surface area contributed by atoms with Crippen LogP contribution in [0.4, 0.5) is 0 Å². The fourth-order valence-corrected chi connectivity index (χ4v) is 2.69. The van der Waals surface area contributed by atoms with E-state index in [0.29, 0.717) is 23.3 Å². The molecule has 6 heteroatoms. The molecule has 1 amide bonds. The third-order valence-electron chi connectivity index (χ3n) is 3.56. The van der Waals surface area contributed by atoms with Crippen molar-refractivity contribution in [3.8, 4) is 0 Å². The van der Waals surface area contributed by atoms with E-state index in [2.05, 4.69) is 5.32 Å². The highest BCUT2D eigenvalue weighted by molar-refractivity contribution is 6.42. The monoisotopic (exact) mass is 363 g/mol. The van der Waals surface area contributed by atoms with E-state index in [4.69, 9.17) is 32.7 Å². The maximum atomic E-state index is 12.5. The zero-order chi connectivity index (χ0) is 16.9. The Labute approximate surface area is 150 Å². The molecule has 1 aliphatic heterocycles. The standard InChI is InChI=1S/C18H15Cl2NO3/c19-14-7-6-13(10-15(14)20)17(12-4-2-1-3-5-12)21-18(22)16-11-23-8-9-24-16/h1-7,10-11,17H,8-9H2,(H,21,22). The van der Waals surface area contributed by atoms with Gasteiger partial charge in [-0.05, 0) is 23.3 Å². The van der Waals surface area contributed by atoms with Gasteiger partial charge < -0.3 is 14.8 Å². The van der Waals surface area contributed by atoms with Crippen LogP contribution in [0.5, 0.6) is 0 Å². The number of nitrogens with one attached hydrogen (secondary N) is 1. The highest BCUT2D eigenvalue weighted by Crippen LogP contribution is 2.29. The molecule has 3 rings (SSSR count). The molecule has 1 aliphatic rings. The maximum Gasteiger partial charge on any atom is 0.290 e. The van der Waals surface area contributed by atoms with Crippen molar-refractivity contribution < 1.29 is 14.3 Å². The topological polar surface area (TPSA) is 47.6 Å². The van der Waals surface area contributed by atoms with Gasteiger partial charge >= 0.3 is 0 Å². The van der Waals surface area contributed by atoms with Crippen molar-refractivity contribution in [1.29, 1.82) is 0 Å². The number of benzene rings is 2. The predicted octanol–water partition coefficient (Wildman–Crippen LogP) is 4.09. The Morgan fingerprint density at radius 2 is 1.79 bits per heavy atom. The summed E-state index contributed by atoms with van der Waals surface area (Å²) < 4.78 is 10.5. The van der Waals surface area contributed by atoms with E-state index in [1.807, 2.05) is 36.4 Å². The van der Waals surface area contributed by atoms with Crippen LogP contribution in [0.1, 0.15) is 17.2 Å². The van der Waals surface area contributed by atoms with Crippen molar-refractivity contribution in [3.05, 3.63) is 81.7 Å². The molecule has 1 heterocycles. The third-order valence-corrected chi connectivity index (χ3v) is 4.30. The highest BCUT2D eigenvalue weighted by Gasteiger charge is 2.22. The van der Waals surface area contributed by atoms with E-state index >= 15 is 0 Å². The number of carbonyl (C=O) groups excluding carboxylic acids is 1. The number of rotatable bonds is 4. The molecule has 2 aromatic carbocycles. The Bertz CT molecular complexity index is 762. The molecule has 1 N–H and O–H groups in total. The summed E-state index contributed by atoms with van der Waals surface area (Å²) in [6.45, 7) is 0.785. The lowest BCUT2D eigenvalue weighted by Crippen LogP contribution is -2.32. The summed E-state index contributed by atoms with van der Waals surface area (Å²) in [7, 11) is 0. The SMILES string of the molecule is O=C(NC(c1ccccc1)c1ccc(Cl)c(Cl)c1)C1=COCCO1. The van der Waals surface area contributed by atoms with Gasteiger partial charge in [0.15, 0.2) is 0 Å². The van der Waals surface area contributed by atoms with Crippen LogP contribution >= 0.6 is 23.2 Å². The summed E-state index contributed by atoms with van der Waals surface area (Å²) in [6, 6.07) is 14.5. The van der Waals surface area contributed by atoms with Crippen LogP contribution < -0.4 is 5.32 Å². The van der Waals surface area contributed by atoms with Crippen LogP contribution in [0.15, 0.2) is 60.6 Å². The first-order valence-corrected chi connectivity index (χ1v) is 8.16. The molecule has 124 valence electrons. The number of hydrogen-bond donors (Lipinski definition) is 1. The number of halogens is 2. The van der Waals surface area contributed by atoms with Gasteiger partial charge in [0.1, 0.15) is 19.5 Å². The van der Waals surface area contributed by atoms with Gasteiger partial charge in [0.25, 0.3) is 5.91 Å². The Hall–Kier alpha value is -2.17. The first kappa shape index (κ1) is 16.7. The van der Waals surface area contributed by atoms with Crippen LogP contribution in [0.25, 0.3) is 0 Å². The van der Waals surface area contributed by atoms with E-state index in [1.54, 1.807) is 12.1 Å². The van der Waals surface area contributed by atoms with Gasteiger partial charge in [0.05, 0.1) is 16.1 Å². The molecule has 0 spiro atoms. The number of hydrogen-bond acceptors (Lipinski definition) is 3. The van der Waals surface area contributed by atoms with Gasteiger partial charge in [0, 0.05) is 0 Å². The van der Waals surface area contributed by atoms with Crippen molar-refractivity contribution in [3.63, 3.8) is 0 Å². The van der Waals surface area contributed by atoms with Crippen molar-refractivity contribution in [2.24, 2.45) is 0 Å². The molecule has 0 aromatic heterocycles. The minimum Gasteiger partial charge on any atom is -0.494 e. The van der Waals surface area contributed by atoms with E-state index < -0.39 is 0 Å². The summed E-state index contributed by atoms with van der Waals surface area (Å²) in [5.41, 5.74) is 1.74. The zero-order valence-electron chi connectivity index (χ0n) is 12.7. The summed E-state index contributed by atoms with van der Waals surface area (Å²) in [6.07, 6.45) is 1.33. The number of carbonyl (C=O) groups is 1. The minimum atomic E-state index is -0.389. The number of ether oxygens (including phenoxy) is 2. The van der Waals surface area contributed by atoms with Gasteiger partial charge in [-0.1, -0.05) is 59.6 Å². The summed E-state index contributed by atoms with van der Waals surface area (Å²) >= 11 is 12.1. The van der Waals surface area contributed by atoms with Crippen molar-refractivity contribution in [2.75, 3.05) is 13.2 Å². The van der Waals surface area contributed by atoms with Gasteiger partial charge in [-0.2, -0.15) is 0 Å². The van der Waals surface area contributed by atoms with Crippen molar-refractivity contribution >= 4 is 29.1 Å². The smallest absolute Gasteiger partial charge is 0.290 e. The molecule has 24 heavy (non-hydrogen) atoms. The van der Waals surface area contributed by atoms with Crippen LogP contribution in [0.2, 0.25) is 10.0 Å². The largest absolute Gasteiger partial charge is 0.494 e. The first-order chi connectivity index (χ1) is 11.6. The molecule has 2 aromatic rings. The fourth-order valence-electron chi connectivity index (χ4n) is 2.39. The fraction of sp³-hybridized carbons (Fsp3) is 0.167. The second-order valence-electron chi connectivity index (χ2n) is 5.19. The molecule has 4 nitrogen and oxygen atoms in total. The molecule has 0 radical (unpaired) electrons. The quantitative estimate of drug-likeness (QED) is 0.889. The normalized spacial score (nSPS) is 14.8. The molecule has 0 saturated heterocycles. The maximum absolute atomic E-state index is 12.5.